The lowest BCUT2D eigenvalue weighted by molar-refractivity contribution is -0.137. The summed E-state index contributed by atoms with van der Waals surface area (Å²) in [5.41, 5.74) is -0.354. The molecule has 6 nitrogen and oxygen atoms in total. The van der Waals surface area contributed by atoms with Gasteiger partial charge in [-0.15, -0.1) is 0 Å². The average molecular weight is 369 g/mol. The number of ether oxygens (including phenoxy) is 1. The number of pyridine rings is 1. The van der Waals surface area contributed by atoms with Crippen molar-refractivity contribution in [2.24, 2.45) is 0 Å². The van der Waals surface area contributed by atoms with Gasteiger partial charge in [-0.05, 0) is 18.2 Å². The number of hydrogen-bond donors (Lipinski definition) is 0. The molecule has 9 heteroatoms. The molecule has 1 aliphatic rings. The smallest absolute Gasteiger partial charge is 0.417 e. The van der Waals surface area contributed by atoms with Crippen LogP contribution in [-0.4, -0.2) is 49.1 Å². The van der Waals surface area contributed by atoms with Gasteiger partial charge in [-0.25, -0.2) is 9.78 Å². The molecule has 0 unspecified atom stereocenters. The molecule has 2 aromatic rings. The Hall–Kier alpha value is -2.55. The van der Waals surface area contributed by atoms with Crippen molar-refractivity contribution < 1.29 is 27.1 Å². The first-order chi connectivity index (χ1) is 12.4. The third kappa shape index (κ3) is 3.98. The molecule has 3 heterocycles. The molecule has 1 aliphatic heterocycles. The van der Waals surface area contributed by atoms with E-state index >= 15 is 0 Å². The Kier molecular flexibility index (Phi) is 5.17. The van der Waals surface area contributed by atoms with Gasteiger partial charge in [0.15, 0.2) is 0 Å². The number of carbonyl (C=O) groups excluding carboxylic acids is 1. The summed E-state index contributed by atoms with van der Waals surface area (Å²) in [5, 5.41) is 0. The van der Waals surface area contributed by atoms with E-state index in [1.165, 1.54) is 19.4 Å². The average Bonchev–Trinajstić information content (AvgIpc) is 3.09. The number of esters is 1. The first-order valence-corrected chi connectivity index (χ1v) is 8.03. The molecule has 3 rings (SSSR count). The van der Waals surface area contributed by atoms with Crippen LogP contribution in [0.4, 0.5) is 19.0 Å². The Balaban J connectivity index is 1.58. The molecule has 2 aromatic heterocycles. The lowest BCUT2D eigenvalue weighted by atomic mass is 10.2. The first-order valence-electron chi connectivity index (χ1n) is 8.03. The number of piperazine rings is 1. The van der Waals surface area contributed by atoms with Gasteiger partial charge in [0.2, 0.25) is 0 Å². The van der Waals surface area contributed by atoms with Gasteiger partial charge in [0.05, 0.1) is 25.5 Å². The fraction of sp³-hybridized carbons (Fsp3) is 0.412. The van der Waals surface area contributed by atoms with Crippen LogP contribution >= 0.6 is 0 Å². The second-order valence-corrected chi connectivity index (χ2v) is 5.92. The Morgan fingerprint density at radius 1 is 1.23 bits per heavy atom. The van der Waals surface area contributed by atoms with Crippen LogP contribution in [0.3, 0.4) is 0 Å². The van der Waals surface area contributed by atoms with Gasteiger partial charge in [-0.3, -0.25) is 4.90 Å². The minimum atomic E-state index is -4.38. The SMILES string of the molecule is COC(=O)c1ccoc1CN1CCN(c2ccc(C(F)(F)F)cn2)CC1. The molecule has 26 heavy (non-hydrogen) atoms. The van der Waals surface area contributed by atoms with Crippen LogP contribution < -0.4 is 4.90 Å². The van der Waals surface area contributed by atoms with Gasteiger partial charge in [0, 0.05) is 32.4 Å². The van der Waals surface area contributed by atoms with Crippen molar-refractivity contribution in [1.29, 1.82) is 0 Å². The van der Waals surface area contributed by atoms with Crippen LogP contribution in [0.1, 0.15) is 21.7 Å². The molecular formula is C17H18F3N3O3. The predicted molar refractivity (Wildman–Crippen MR) is 86.8 cm³/mol. The van der Waals surface area contributed by atoms with E-state index in [4.69, 9.17) is 9.15 Å². The number of halogens is 3. The summed E-state index contributed by atoms with van der Waals surface area (Å²) in [4.78, 5) is 19.6. The summed E-state index contributed by atoms with van der Waals surface area (Å²) < 4.78 is 47.9. The maximum atomic E-state index is 12.6. The van der Waals surface area contributed by atoms with Crippen LogP contribution in [0.2, 0.25) is 0 Å². The highest BCUT2D eigenvalue weighted by molar-refractivity contribution is 5.90. The number of furan rings is 1. The minimum Gasteiger partial charge on any atom is -0.467 e. The third-order valence-corrected chi connectivity index (χ3v) is 4.29. The van der Waals surface area contributed by atoms with Crippen LogP contribution in [0.15, 0.2) is 35.1 Å². The lowest BCUT2D eigenvalue weighted by Gasteiger charge is -2.35. The Bertz CT molecular complexity index is 751. The van der Waals surface area contributed by atoms with Crippen LogP contribution in [0.25, 0.3) is 0 Å². The molecule has 0 radical (unpaired) electrons. The van der Waals surface area contributed by atoms with E-state index in [9.17, 15) is 18.0 Å². The van der Waals surface area contributed by atoms with Crippen molar-refractivity contribution in [3.63, 3.8) is 0 Å². The van der Waals surface area contributed by atoms with Gasteiger partial charge < -0.3 is 14.1 Å². The third-order valence-electron chi connectivity index (χ3n) is 4.29. The predicted octanol–water partition coefficient (Wildman–Crippen LogP) is 2.80. The minimum absolute atomic E-state index is 0.402. The number of alkyl halides is 3. The molecule has 0 N–H and O–H groups in total. The molecule has 0 atom stereocenters. The number of hydrogen-bond acceptors (Lipinski definition) is 6. The summed E-state index contributed by atoms with van der Waals surface area (Å²) in [5.74, 6) is 0.616. The molecule has 0 spiro atoms. The van der Waals surface area contributed by atoms with E-state index in [1.54, 1.807) is 6.07 Å². The highest BCUT2D eigenvalue weighted by Gasteiger charge is 2.31. The van der Waals surface area contributed by atoms with Crippen LogP contribution in [-0.2, 0) is 17.5 Å². The van der Waals surface area contributed by atoms with Gasteiger partial charge in [-0.1, -0.05) is 0 Å². The van der Waals surface area contributed by atoms with E-state index in [2.05, 4.69) is 9.88 Å². The molecule has 0 aliphatic carbocycles. The van der Waals surface area contributed by atoms with Crippen molar-refractivity contribution in [2.45, 2.75) is 12.7 Å². The van der Waals surface area contributed by atoms with Crippen molar-refractivity contribution in [1.82, 2.24) is 9.88 Å². The van der Waals surface area contributed by atoms with Crippen LogP contribution in [0.5, 0.6) is 0 Å². The van der Waals surface area contributed by atoms with E-state index in [0.29, 0.717) is 49.9 Å². The van der Waals surface area contributed by atoms with Crippen molar-refractivity contribution in [2.75, 3.05) is 38.2 Å². The molecule has 0 bridgehead atoms. The number of anilines is 1. The second-order valence-electron chi connectivity index (χ2n) is 5.92. The van der Waals surface area contributed by atoms with Crippen molar-refractivity contribution in [3.05, 3.63) is 47.5 Å². The molecule has 1 fully saturated rings. The summed E-state index contributed by atoms with van der Waals surface area (Å²) in [6, 6.07) is 4.00. The number of nitrogens with zero attached hydrogens (tertiary/aromatic N) is 3. The molecular weight excluding hydrogens is 351 g/mol. The fourth-order valence-corrected chi connectivity index (χ4v) is 2.83. The van der Waals surface area contributed by atoms with Gasteiger partial charge in [0.25, 0.3) is 0 Å². The zero-order valence-electron chi connectivity index (χ0n) is 14.1. The normalized spacial score (nSPS) is 15.9. The topological polar surface area (TPSA) is 58.8 Å². The number of rotatable bonds is 4. The molecule has 0 saturated carbocycles. The monoisotopic (exact) mass is 369 g/mol. The summed E-state index contributed by atoms with van der Waals surface area (Å²) in [6.07, 6.45) is -2.08. The Morgan fingerprint density at radius 2 is 1.96 bits per heavy atom. The fourth-order valence-electron chi connectivity index (χ4n) is 2.83. The Morgan fingerprint density at radius 3 is 2.54 bits per heavy atom. The van der Waals surface area contributed by atoms with E-state index in [1.807, 2.05) is 4.90 Å². The second kappa shape index (κ2) is 7.36. The van der Waals surface area contributed by atoms with Crippen LogP contribution in [0, 0.1) is 0 Å². The largest absolute Gasteiger partial charge is 0.467 e. The number of methoxy groups -OCH3 is 1. The van der Waals surface area contributed by atoms with Crippen molar-refractivity contribution >= 4 is 11.8 Å². The first kappa shape index (κ1) is 18.2. The maximum absolute atomic E-state index is 12.6. The summed E-state index contributed by atoms with van der Waals surface area (Å²) >= 11 is 0. The standard InChI is InChI=1S/C17H18F3N3O3/c1-25-16(24)13-4-9-26-14(13)11-22-5-7-23(8-6-22)15-3-2-12(10-21-15)17(18,19)20/h2-4,9-10H,5-8,11H2,1H3. The van der Waals surface area contributed by atoms with E-state index in [-0.39, 0.29) is 0 Å². The van der Waals surface area contributed by atoms with Gasteiger partial charge >= 0.3 is 12.1 Å². The Labute approximate surface area is 148 Å². The highest BCUT2D eigenvalue weighted by Crippen LogP contribution is 2.29. The quantitative estimate of drug-likeness (QED) is 0.773. The zero-order chi connectivity index (χ0) is 18.7. The summed E-state index contributed by atoms with van der Waals surface area (Å²) in [6.45, 7) is 3.04. The number of aromatic nitrogens is 1. The lowest BCUT2D eigenvalue weighted by Crippen LogP contribution is -2.46. The summed E-state index contributed by atoms with van der Waals surface area (Å²) in [7, 11) is 1.31. The highest BCUT2D eigenvalue weighted by atomic mass is 19.4. The molecule has 0 amide bonds. The van der Waals surface area contributed by atoms with Crippen molar-refractivity contribution in [3.8, 4) is 0 Å². The van der Waals surface area contributed by atoms with E-state index < -0.39 is 17.7 Å². The molecule has 1 saturated heterocycles. The number of carbonyl (C=O) groups is 1. The van der Waals surface area contributed by atoms with E-state index in [0.717, 1.165) is 12.3 Å². The van der Waals surface area contributed by atoms with Gasteiger partial charge in [0.1, 0.15) is 17.1 Å². The van der Waals surface area contributed by atoms with Gasteiger partial charge in [-0.2, -0.15) is 13.2 Å². The molecule has 140 valence electrons. The zero-order valence-corrected chi connectivity index (χ0v) is 14.1. The molecule has 0 aromatic carbocycles. The maximum Gasteiger partial charge on any atom is 0.417 e.